The van der Waals surface area contributed by atoms with Crippen molar-refractivity contribution in [3.63, 3.8) is 0 Å². The van der Waals surface area contributed by atoms with Gasteiger partial charge >= 0.3 is 5.97 Å². The number of aliphatic carboxylic acids is 1. The van der Waals surface area contributed by atoms with E-state index < -0.39 is 59.7 Å². The third kappa shape index (κ3) is 11.7. The first-order valence-corrected chi connectivity index (χ1v) is 12.0. The maximum Gasteiger partial charge on any atom is 0.326 e. The highest BCUT2D eigenvalue weighted by Crippen LogP contribution is 2.08. The van der Waals surface area contributed by atoms with Crippen LogP contribution < -0.4 is 38.9 Å². The Morgan fingerprint density at radius 1 is 1.00 bits per heavy atom. The molecule has 0 bridgehead atoms. The second kappa shape index (κ2) is 15.8. The molecule has 1 aromatic heterocycles. The summed E-state index contributed by atoms with van der Waals surface area (Å²) in [6.45, 7) is 3.47. The van der Waals surface area contributed by atoms with Gasteiger partial charge in [-0.25, -0.2) is 9.78 Å². The van der Waals surface area contributed by atoms with Crippen molar-refractivity contribution in [2.45, 2.75) is 70.1 Å². The number of H-pyrrole nitrogens is 1. The Morgan fingerprint density at radius 3 is 2.18 bits per heavy atom. The summed E-state index contributed by atoms with van der Waals surface area (Å²) < 4.78 is 0. The number of primary amides is 1. The molecule has 38 heavy (non-hydrogen) atoms. The summed E-state index contributed by atoms with van der Waals surface area (Å²) in [6.07, 6.45) is 3.02. The quantitative estimate of drug-likeness (QED) is 0.0543. The molecule has 0 radical (unpaired) electrons. The van der Waals surface area contributed by atoms with E-state index in [1.807, 2.05) is 0 Å². The lowest BCUT2D eigenvalue weighted by atomic mass is 10.0. The van der Waals surface area contributed by atoms with Crippen LogP contribution in [0, 0.1) is 5.92 Å². The van der Waals surface area contributed by atoms with Crippen LogP contribution in [-0.4, -0.2) is 81.3 Å². The number of carbonyl (C=O) groups is 5. The number of amides is 4. The zero-order valence-electron chi connectivity index (χ0n) is 21.5. The fourth-order valence-corrected chi connectivity index (χ4v) is 3.37. The lowest BCUT2D eigenvalue weighted by Gasteiger charge is -2.27. The van der Waals surface area contributed by atoms with E-state index in [9.17, 15) is 29.1 Å². The maximum absolute atomic E-state index is 13.1. The fraction of sp³-hybridized carbons (Fsp3) is 0.591. The molecule has 16 heteroatoms. The number of nitrogens with two attached hydrogens (primary N) is 4. The molecule has 1 aromatic rings. The first kappa shape index (κ1) is 31.8. The van der Waals surface area contributed by atoms with E-state index in [-0.39, 0.29) is 44.6 Å². The van der Waals surface area contributed by atoms with Crippen LogP contribution >= 0.6 is 0 Å². The number of aromatic amines is 1. The zero-order chi connectivity index (χ0) is 28.8. The fourth-order valence-electron chi connectivity index (χ4n) is 3.37. The molecule has 0 spiro atoms. The van der Waals surface area contributed by atoms with Crippen molar-refractivity contribution in [3.05, 3.63) is 18.2 Å². The highest BCUT2D eigenvalue weighted by atomic mass is 16.4. The van der Waals surface area contributed by atoms with E-state index in [0.29, 0.717) is 5.69 Å². The Labute approximate surface area is 219 Å². The third-order valence-electron chi connectivity index (χ3n) is 5.45. The topological polar surface area (TPSA) is 287 Å². The van der Waals surface area contributed by atoms with Crippen molar-refractivity contribution in [1.82, 2.24) is 25.9 Å². The van der Waals surface area contributed by atoms with Gasteiger partial charge in [-0.1, -0.05) is 13.8 Å². The van der Waals surface area contributed by atoms with Gasteiger partial charge in [-0.3, -0.25) is 24.2 Å². The number of rotatable bonds is 17. The van der Waals surface area contributed by atoms with Gasteiger partial charge in [-0.05, 0) is 25.2 Å². The summed E-state index contributed by atoms with van der Waals surface area (Å²) >= 11 is 0. The van der Waals surface area contributed by atoms with Gasteiger partial charge in [0.05, 0.1) is 12.4 Å². The lowest BCUT2D eigenvalue weighted by molar-refractivity contribution is -0.142. The largest absolute Gasteiger partial charge is 0.480 e. The molecule has 1 rings (SSSR count). The van der Waals surface area contributed by atoms with Gasteiger partial charge in [0.25, 0.3) is 0 Å². The Bertz CT molecular complexity index is 977. The first-order chi connectivity index (χ1) is 17.8. The average molecular weight is 539 g/mol. The van der Waals surface area contributed by atoms with Crippen LogP contribution in [0.5, 0.6) is 0 Å². The van der Waals surface area contributed by atoms with E-state index in [1.165, 1.54) is 12.5 Å². The van der Waals surface area contributed by atoms with Crippen molar-refractivity contribution in [2.75, 3.05) is 6.54 Å². The summed E-state index contributed by atoms with van der Waals surface area (Å²) in [5.74, 6) is -4.72. The number of aromatic nitrogens is 2. The van der Waals surface area contributed by atoms with Crippen LogP contribution in [0.15, 0.2) is 17.5 Å². The molecular formula is C22H38N10O6. The van der Waals surface area contributed by atoms with Crippen LogP contribution in [0.2, 0.25) is 0 Å². The molecule has 0 saturated carbocycles. The minimum absolute atomic E-state index is 0.0438. The number of imidazole rings is 1. The Morgan fingerprint density at radius 2 is 1.66 bits per heavy atom. The minimum Gasteiger partial charge on any atom is -0.480 e. The van der Waals surface area contributed by atoms with Crippen molar-refractivity contribution in [3.8, 4) is 0 Å². The molecule has 4 unspecified atom stereocenters. The Balaban J connectivity index is 2.90. The van der Waals surface area contributed by atoms with E-state index >= 15 is 0 Å². The molecule has 0 aliphatic rings. The third-order valence-corrected chi connectivity index (χ3v) is 5.45. The van der Waals surface area contributed by atoms with Crippen molar-refractivity contribution in [2.24, 2.45) is 33.8 Å². The number of carbonyl (C=O) groups excluding carboxylic acids is 4. The second-order valence-electron chi connectivity index (χ2n) is 9.03. The SMILES string of the molecule is CC(C)C(NC(=O)C(CCC(N)=O)NC(=O)C(N)Cc1cnc[nH]1)C(=O)NC(CCCN=C(N)N)C(=O)O. The number of aliphatic imine (C=N–C) groups is 1. The monoisotopic (exact) mass is 538 g/mol. The molecule has 0 aliphatic carbocycles. The van der Waals surface area contributed by atoms with Crippen molar-refractivity contribution < 1.29 is 29.1 Å². The molecule has 13 N–H and O–H groups in total. The summed E-state index contributed by atoms with van der Waals surface area (Å²) in [4.78, 5) is 72.0. The smallest absolute Gasteiger partial charge is 0.326 e. The average Bonchev–Trinajstić information content (AvgIpc) is 3.33. The predicted octanol–water partition coefficient (Wildman–Crippen LogP) is -3.21. The summed E-state index contributed by atoms with van der Waals surface area (Å²) in [6, 6.07) is -4.65. The summed E-state index contributed by atoms with van der Waals surface area (Å²) in [5.41, 5.74) is 22.2. The molecule has 4 atom stereocenters. The molecule has 0 aliphatic heterocycles. The van der Waals surface area contributed by atoms with Gasteiger partial charge in [0.1, 0.15) is 18.1 Å². The van der Waals surface area contributed by atoms with Gasteiger partial charge in [0.2, 0.25) is 23.6 Å². The van der Waals surface area contributed by atoms with Crippen molar-refractivity contribution >= 4 is 35.6 Å². The van der Waals surface area contributed by atoms with Crippen LogP contribution in [0.1, 0.15) is 45.2 Å². The molecule has 212 valence electrons. The maximum atomic E-state index is 13.1. The highest BCUT2D eigenvalue weighted by molar-refractivity contribution is 5.94. The van der Waals surface area contributed by atoms with Gasteiger partial charge in [-0.2, -0.15) is 0 Å². The molecular weight excluding hydrogens is 500 g/mol. The Kier molecular flexibility index (Phi) is 13.2. The van der Waals surface area contributed by atoms with E-state index in [4.69, 9.17) is 22.9 Å². The van der Waals surface area contributed by atoms with Gasteiger partial charge in [-0.15, -0.1) is 0 Å². The number of carboxylic acid groups (broad SMARTS) is 1. The highest BCUT2D eigenvalue weighted by Gasteiger charge is 2.32. The molecule has 0 saturated heterocycles. The number of hydrogen-bond donors (Lipinski definition) is 9. The van der Waals surface area contributed by atoms with Gasteiger partial charge < -0.3 is 49.0 Å². The lowest BCUT2D eigenvalue weighted by Crippen LogP contribution is -2.58. The predicted molar refractivity (Wildman–Crippen MR) is 137 cm³/mol. The molecule has 1 heterocycles. The molecule has 0 fully saturated rings. The normalized spacial score (nSPS) is 14.0. The second-order valence-corrected chi connectivity index (χ2v) is 9.03. The summed E-state index contributed by atoms with van der Waals surface area (Å²) in [7, 11) is 0. The van der Waals surface area contributed by atoms with Crippen molar-refractivity contribution in [1.29, 1.82) is 0 Å². The van der Waals surface area contributed by atoms with Crippen LogP contribution in [0.3, 0.4) is 0 Å². The molecule has 4 amide bonds. The van der Waals surface area contributed by atoms with Gasteiger partial charge in [0, 0.05) is 31.3 Å². The number of nitrogens with zero attached hydrogens (tertiary/aromatic N) is 2. The van der Waals surface area contributed by atoms with E-state index in [2.05, 4.69) is 30.9 Å². The Hall–Kier alpha value is -4.21. The number of hydrogen-bond acceptors (Lipinski definition) is 8. The van der Waals surface area contributed by atoms with E-state index in [1.54, 1.807) is 13.8 Å². The molecule has 16 nitrogen and oxygen atoms in total. The van der Waals surface area contributed by atoms with Crippen LogP contribution in [0.25, 0.3) is 0 Å². The van der Waals surface area contributed by atoms with Crippen LogP contribution in [0.4, 0.5) is 0 Å². The number of nitrogens with one attached hydrogen (secondary N) is 4. The summed E-state index contributed by atoms with van der Waals surface area (Å²) in [5, 5.41) is 16.9. The minimum atomic E-state index is -1.27. The first-order valence-electron chi connectivity index (χ1n) is 12.0. The molecule has 0 aromatic carbocycles. The number of carboxylic acids is 1. The van der Waals surface area contributed by atoms with Crippen LogP contribution in [-0.2, 0) is 30.4 Å². The zero-order valence-corrected chi connectivity index (χ0v) is 21.5. The van der Waals surface area contributed by atoms with Gasteiger partial charge in [0.15, 0.2) is 5.96 Å². The van der Waals surface area contributed by atoms with E-state index in [0.717, 1.165) is 0 Å². The standard InChI is InChI=1S/C22H38N10O6/c1-11(2)17(20(36)31-15(21(37)38)4-3-7-28-22(25)26)32-19(35)14(5-6-16(24)33)30-18(34)13(23)8-12-9-27-10-29-12/h9-11,13-15,17H,3-8,23H2,1-2H3,(H2,24,33)(H,27,29)(H,30,34)(H,31,36)(H,32,35)(H,37,38)(H4,25,26,28). The number of guanidine groups is 1.